The first-order chi connectivity index (χ1) is 14.2. The van der Waals surface area contributed by atoms with E-state index in [2.05, 4.69) is 34.3 Å². The molecule has 0 saturated carbocycles. The van der Waals surface area contributed by atoms with Crippen LogP contribution >= 0.6 is 0 Å². The maximum absolute atomic E-state index is 5.89. The quantitative estimate of drug-likeness (QED) is 0.548. The van der Waals surface area contributed by atoms with Crippen molar-refractivity contribution in [1.82, 2.24) is 14.7 Å². The van der Waals surface area contributed by atoms with Crippen molar-refractivity contribution in [2.24, 2.45) is 0 Å². The highest BCUT2D eigenvalue weighted by Crippen LogP contribution is 2.23. The number of benzene rings is 1. The van der Waals surface area contributed by atoms with Gasteiger partial charge in [-0.05, 0) is 55.7 Å². The predicted molar refractivity (Wildman–Crippen MR) is 111 cm³/mol. The number of aryl methyl sites for hydroxylation is 1. The Kier molecular flexibility index (Phi) is 6.32. The molecule has 1 fully saturated rings. The molecule has 0 bridgehead atoms. The SMILES string of the molecule is COc1ccc(CN(Cc2ccc(C)o2)CC2CCCO2)cc1Cn1cccn1. The minimum absolute atomic E-state index is 0.299. The van der Waals surface area contributed by atoms with Gasteiger partial charge < -0.3 is 13.9 Å². The summed E-state index contributed by atoms with van der Waals surface area (Å²) in [5.41, 5.74) is 2.37. The van der Waals surface area contributed by atoms with Crippen molar-refractivity contribution in [3.63, 3.8) is 0 Å². The molecule has 0 N–H and O–H groups in total. The second-order valence-electron chi connectivity index (χ2n) is 7.67. The lowest BCUT2D eigenvalue weighted by atomic mass is 10.1. The zero-order valence-electron chi connectivity index (χ0n) is 17.2. The molecule has 1 aliphatic rings. The minimum Gasteiger partial charge on any atom is -0.496 e. The van der Waals surface area contributed by atoms with Crippen LogP contribution in [0.25, 0.3) is 0 Å². The Bertz CT molecular complexity index is 898. The fraction of sp³-hybridized carbons (Fsp3) is 0.435. The van der Waals surface area contributed by atoms with Crippen molar-refractivity contribution in [1.29, 1.82) is 0 Å². The molecule has 154 valence electrons. The zero-order valence-corrected chi connectivity index (χ0v) is 17.2. The average molecular weight is 396 g/mol. The van der Waals surface area contributed by atoms with Crippen LogP contribution in [-0.2, 0) is 24.4 Å². The van der Waals surface area contributed by atoms with Crippen molar-refractivity contribution in [3.8, 4) is 5.75 Å². The highest BCUT2D eigenvalue weighted by Gasteiger charge is 2.21. The molecule has 1 aromatic carbocycles. The first-order valence-electron chi connectivity index (χ1n) is 10.2. The third-order valence-corrected chi connectivity index (χ3v) is 5.30. The van der Waals surface area contributed by atoms with Gasteiger partial charge in [-0.1, -0.05) is 6.07 Å². The van der Waals surface area contributed by atoms with Gasteiger partial charge in [0.15, 0.2) is 0 Å². The molecule has 0 spiro atoms. The Morgan fingerprint density at radius 1 is 1.24 bits per heavy atom. The standard InChI is InChI=1S/C23H29N3O3/c1-18-6-8-22(29-18)17-25(16-21-5-3-12-28-21)14-19-7-9-23(27-2)20(13-19)15-26-11-4-10-24-26/h4,6-11,13,21H,3,5,12,14-17H2,1-2H3. The number of rotatable bonds is 9. The number of nitrogens with zero attached hydrogens (tertiary/aromatic N) is 3. The highest BCUT2D eigenvalue weighted by molar-refractivity contribution is 5.37. The summed E-state index contributed by atoms with van der Waals surface area (Å²) in [5, 5.41) is 4.33. The first kappa shape index (κ1) is 19.7. The van der Waals surface area contributed by atoms with Gasteiger partial charge in [-0.2, -0.15) is 5.10 Å². The van der Waals surface area contributed by atoms with Gasteiger partial charge in [0.2, 0.25) is 0 Å². The van der Waals surface area contributed by atoms with Crippen molar-refractivity contribution in [2.75, 3.05) is 20.3 Å². The molecule has 1 aliphatic heterocycles. The van der Waals surface area contributed by atoms with Crippen molar-refractivity contribution >= 4 is 0 Å². The molecule has 1 atom stereocenters. The molecular formula is C23H29N3O3. The van der Waals surface area contributed by atoms with Gasteiger partial charge in [0.1, 0.15) is 17.3 Å². The number of furan rings is 1. The normalized spacial score (nSPS) is 16.6. The number of ether oxygens (including phenoxy) is 2. The first-order valence-corrected chi connectivity index (χ1v) is 10.2. The second kappa shape index (κ2) is 9.29. The maximum atomic E-state index is 5.89. The summed E-state index contributed by atoms with van der Waals surface area (Å²) in [6, 6.07) is 12.4. The van der Waals surface area contributed by atoms with E-state index < -0.39 is 0 Å². The van der Waals surface area contributed by atoms with Gasteiger partial charge in [0, 0.05) is 37.7 Å². The van der Waals surface area contributed by atoms with E-state index in [1.807, 2.05) is 29.9 Å². The molecule has 29 heavy (non-hydrogen) atoms. The molecule has 1 saturated heterocycles. The number of hydrogen-bond acceptors (Lipinski definition) is 5. The predicted octanol–water partition coefficient (Wildman–Crippen LogP) is 4.02. The van der Waals surface area contributed by atoms with Crippen LogP contribution in [0.1, 0.15) is 35.5 Å². The molecule has 3 aromatic rings. The summed E-state index contributed by atoms with van der Waals surface area (Å²) in [6.07, 6.45) is 6.34. The molecule has 2 aromatic heterocycles. The lowest BCUT2D eigenvalue weighted by molar-refractivity contribution is 0.0654. The molecular weight excluding hydrogens is 366 g/mol. The van der Waals surface area contributed by atoms with Crippen LogP contribution in [0, 0.1) is 6.92 Å². The number of aromatic nitrogens is 2. The molecule has 4 rings (SSSR count). The second-order valence-corrected chi connectivity index (χ2v) is 7.67. The Morgan fingerprint density at radius 2 is 2.17 bits per heavy atom. The summed E-state index contributed by atoms with van der Waals surface area (Å²) in [5.74, 6) is 2.82. The summed E-state index contributed by atoms with van der Waals surface area (Å²) < 4.78 is 19.2. The Hall–Kier alpha value is -2.57. The van der Waals surface area contributed by atoms with Crippen LogP contribution in [0.3, 0.4) is 0 Å². The van der Waals surface area contributed by atoms with Crippen molar-refractivity contribution in [3.05, 3.63) is 71.4 Å². The van der Waals surface area contributed by atoms with E-state index >= 15 is 0 Å². The Morgan fingerprint density at radius 3 is 2.86 bits per heavy atom. The van der Waals surface area contributed by atoms with Gasteiger partial charge >= 0.3 is 0 Å². The van der Waals surface area contributed by atoms with Gasteiger partial charge in [0.05, 0.1) is 26.3 Å². The lowest BCUT2D eigenvalue weighted by Crippen LogP contribution is -2.31. The molecule has 0 amide bonds. The molecule has 3 heterocycles. The Labute approximate surface area is 172 Å². The third-order valence-electron chi connectivity index (χ3n) is 5.30. The van der Waals surface area contributed by atoms with Crippen LogP contribution in [-0.4, -0.2) is 41.0 Å². The van der Waals surface area contributed by atoms with E-state index in [4.69, 9.17) is 13.9 Å². The van der Waals surface area contributed by atoms with Crippen LogP contribution in [0.2, 0.25) is 0 Å². The summed E-state index contributed by atoms with van der Waals surface area (Å²) in [7, 11) is 1.71. The van der Waals surface area contributed by atoms with E-state index in [1.54, 1.807) is 13.3 Å². The molecule has 1 unspecified atom stereocenters. The van der Waals surface area contributed by atoms with E-state index in [-0.39, 0.29) is 0 Å². The van der Waals surface area contributed by atoms with Crippen LogP contribution in [0.4, 0.5) is 0 Å². The van der Waals surface area contributed by atoms with E-state index in [0.717, 1.165) is 61.9 Å². The summed E-state index contributed by atoms with van der Waals surface area (Å²) in [6.45, 7) is 6.05. The van der Waals surface area contributed by atoms with Crippen molar-refractivity contribution in [2.45, 2.75) is 45.5 Å². The topological polar surface area (TPSA) is 52.7 Å². The highest BCUT2D eigenvalue weighted by atomic mass is 16.5. The van der Waals surface area contributed by atoms with Crippen LogP contribution in [0.5, 0.6) is 5.75 Å². The van der Waals surface area contributed by atoms with Gasteiger partial charge in [0.25, 0.3) is 0 Å². The average Bonchev–Trinajstić information content (AvgIpc) is 3.46. The molecule has 0 aliphatic carbocycles. The molecule has 6 nitrogen and oxygen atoms in total. The minimum atomic E-state index is 0.299. The van der Waals surface area contributed by atoms with Gasteiger partial charge in [-0.25, -0.2) is 0 Å². The van der Waals surface area contributed by atoms with Crippen LogP contribution in [0.15, 0.2) is 53.2 Å². The maximum Gasteiger partial charge on any atom is 0.123 e. The zero-order chi connectivity index (χ0) is 20.1. The number of hydrogen-bond donors (Lipinski definition) is 0. The van der Waals surface area contributed by atoms with E-state index in [0.29, 0.717) is 12.6 Å². The molecule has 6 heteroatoms. The van der Waals surface area contributed by atoms with Gasteiger partial charge in [-0.15, -0.1) is 0 Å². The van der Waals surface area contributed by atoms with Crippen molar-refractivity contribution < 1.29 is 13.9 Å². The fourth-order valence-corrected chi connectivity index (χ4v) is 3.93. The molecule has 0 radical (unpaired) electrons. The smallest absolute Gasteiger partial charge is 0.123 e. The largest absolute Gasteiger partial charge is 0.496 e. The fourth-order valence-electron chi connectivity index (χ4n) is 3.93. The van der Waals surface area contributed by atoms with E-state index in [9.17, 15) is 0 Å². The third kappa shape index (κ3) is 5.28. The Balaban J connectivity index is 1.51. The van der Waals surface area contributed by atoms with Gasteiger partial charge in [-0.3, -0.25) is 9.58 Å². The monoisotopic (exact) mass is 395 g/mol. The lowest BCUT2D eigenvalue weighted by Gasteiger charge is -2.25. The summed E-state index contributed by atoms with van der Waals surface area (Å²) >= 11 is 0. The summed E-state index contributed by atoms with van der Waals surface area (Å²) in [4.78, 5) is 2.41. The van der Waals surface area contributed by atoms with Crippen LogP contribution < -0.4 is 4.74 Å². The van der Waals surface area contributed by atoms with E-state index in [1.165, 1.54) is 5.56 Å². The number of methoxy groups -OCH3 is 1.